The highest BCUT2D eigenvalue weighted by molar-refractivity contribution is 5.95. The van der Waals surface area contributed by atoms with Crippen molar-refractivity contribution in [2.75, 3.05) is 12.3 Å². The Hall–Kier alpha value is -1.71. The highest BCUT2D eigenvalue weighted by Crippen LogP contribution is 2.20. The van der Waals surface area contributed by atoms with Crippen molar-refractivity contribution in [2.45, 2.75) is 19.8 Å². The van der Waals surface area contributed by atoms with E-state index in [9.17, 15) is 9.90 Å². The molecule has 0 atom stereocenters. The maximum atomic E-state index is 11.5. The molecule has 4 heteroatoms. The van der Waals surface area contributed by atoms with Crippen molar-refractivity contribution < 1.29 is 9.90 Å². The molecule has 0 radical (unpaired) electrons. The van der Waals surface area contributed by atoms with Crippen molar-refractivity contribution in [3.05, 3.63) is 23.8 Å². The standard InChI is InChI=1S/C11H16N2O2/c1-2-3-6-13-11(15)8-4-5-10(14)9(12)7-8/h4-5,7,14H,2-3,6,12H2,1H3,(H,13,15). The highest BCUT2D eigenvalue weighted by Gasteiger charge is 2.06. The maximum absolute atomic E-state index is 11.5. The lowest BCUT2D eigenvalue weighted by Crippen LogP contribution is -2.24. The van der Waals surface area contributed by atoms with Crippen LogP contribution in [0.25, 0.3) is 0 Å². The molecule has 0 aliphatic carbocycles. The second-order valence-corrected chi connectivity index (χ2v) is 3.38. The number of carbonyl (C=O) groups excluding carboxylic acids is 1. The SMILES string of the molecule is CCCCNC(=O)c1ccc(O)c(N)c1. The van der Waals surface area contributed by atoms with Crippen LogP contribution in [0, 0.1) is 0 Å². The fourth-order valence-electron chi connectivity index (χ4n) is 1.18. The fraction of sp³-hybridized carbons (Fsp3) is 0.364. The Balaban J connectivity index is 2.62. The predicted octanol–water partition coefficient (Wildman–Crippen LogP) is 1.50. The number of nitrogen functional groups attached to an aromatic ring is 1. The van der Waals surface area contributed by atoms with E-state index in [1.54, 1.807) is 6.07 Å². The largest absolute Gasteiger partial charge is 0.506 e. The molecule has 0 fully saturated rings. The Morgan fingerprint density at radius 3 is 2.87 bits per heavy atom. The number of hydrogen-bond acceptors (Lipinski definition) is 3. The van der Waals surface area contributed by atoms with Crippen LogP contribution in [0.5, 0.6) is 5.75 Å². The number of rotatable bonds is 4. The molecule has 82 valence electrons. The highest BCUT2D eigenvalue weighted by atomic mass is 16.3. The Morgan fingerprint density at radius 1 is 1.53 bits per heavy atom. The molecular formula is C11H16N2O2. The molecule has 4 nitrogen and oxygen atoms in total. The van der Waals surface area contributed by atoms with Gasteiger partial charge in [0.2, 0.25) is 0 Å². The van der Waals surface area contributed by atoms with Crippen molar-refractivity contribution >= 4 is 11.6 Å². The van der Waals surface area contributed by atoms with E-state index < -0.39 is 0 Å². The second kappa shape index (κ2) is 5.24. The number of benzene rings is 1. The number of phenols is 1. The van der Waals surface area contributed by atoms with Crippen LogP contribution in [0.3, 0.4) is 0 Å². The number of anilines is 1. The van der Waals surface area contributed by atoms with E-state index >= 15 is 0 Å². The second-order valence-electron chi connectivity index (χ2n) is 3.38. The summed E-state index contributed by atoms with van der Waals surface area (Å²) in [6, 6.07) is 4.44. The first-order valence-corrected chi connectivity index (χ1v) is 5.02. The van der Waals surface area contributed by atoms with Gasteiger partial charge in [0.25, 0.3) is 5.91 Å². The average molecular weight is 208 g/mol. The lowest BCUT2D eigenvalue weighted by atomic mass is 10.1. The lowest BCUT2D eigenvalue weighted by molar-refractivity contribution is 0.0953. The van der Waals surface area contributed by atoms with Crippen LogP contribution in [0.2, 0.25) is 0 Å². The molecule has 0 aliphatic rings. The van der Waals surface area contributed by atoms with Crippen molar-refractivity contribution in [3.8, 4) is 5.75 Å². The van der Waals surface area contributed by atoms with Gasteiger partial charge in [0, 0.05) is 12.1 Å². The number of phenolic OH excluding ortho intramolecular Hbond substituents is 1. The van der Waals surface area contributed by atoms with E-state index in [-0.39, 0.29) is 17.3 Å². The topological polar surface area (TPSA) is 75.3 Å². The summed E-state index contributed by atoms with van der Waals surface area (Å²) in [6.45, 7) is 2.72. The molecule has 0 saturated carbocycles. The van der Waals surface area contributed by atoms with E-state index in [1.807, 2.05) is 0 Å². The quantitative estimate of drug-likeness (QED) is 0.399. The number of nitrogens with one attached hydrogen (secondary N) is 1. The average Bonchev–Trinajstić information content (AvgIpc) is 2.22. The molecule has 0 aliphatic heterocycles. The van der Waals surface area contributed by atoms with Crippen molar-refractivity contribution in [1.29, 1.82) is 0 Å². The van der Waals surface area contributed by atoms with Gasteiger partial charge in [0.15, 0.2) is 0 Å². The molecule has 0 unspecified atom stereocenters. The van der Waals surface area contributed by atoms with Crippen LogP contribution in [0.15, 0.2) is 18.2 Å². The van der Waals surface area contributed by atoms with Gasteiger partial charge in [0.05, 0.1) is 5.69 Å². The third kappa shape index (κ3) is 3.16. The third-order valence-electron chi connectivity index (χ3n) is 2.11. The maximum Gasteiger partial charge on any atom is 0.251 e. The summed E-state index contributed by atoms with van der Waals surface area (Å²) in [5.74, 6) is -0.157. The Bertz CT molecular complexity index is 350. The minimum Gasteiger partial charge on any atom is -0.506 e. The monoisotopic (exact) mass is 208 g/mol. The summed E-state index contributed by atoms with van der Waals surface area (Å²) >= 11 is 0. The molecule has 1 aromatic carbocycles. The summed E-state index contributed by atoms with van der Waals surface area (Å²) in [4.78, 5) is 11.5. The van der Waals surface area contributed by atoms with Gasteiger partial charge in [-0.05, 0) is 24.6 Å². The normalized spacial score (nSPS) is 9.93. The van der Waals surface area contributed by atoms with E-state index in [1.165, 1.54) is 12.1 Å². The molecule has 0 spiro atoms. The number of nitrogens with two attached hydrogens (primary N) is 1. The molecule has 1 amide bonds. The van der Waals surface area contributed by atoms with Gasteiger partial charge in [-0.25, -0.2) is 0 Å². The predicted molar refractivity (Wildman–Crippen MR) is 59.8 cm³/mol. The zero-order valence-electron chi connectivity index (χ0n) is 8.79. The van der Waals surface area contributed by atoms with E-state index in [2.05, 4.69) is 12.2 Å². The van der Waals surface area contributed by atoms with Crippen LogP contribution in [0.1, 0.15) is 30.1 Å². The summed E-state index contributed by atoms with van der Waals surface area (Å²) in [5, 5.41) is 12.0. The zero-order chi connectivity index (χ0) is 11.3. The van der Waals surface area contributed by atoms with Crippen LogP contribution in [-0.4, -0.2) is 17.6 Å². The first-order chi connectivity index (χ1) is 7.15. The van der Waals surface area contributed by atoms with Gasteiger partial charge in [-0.2, -0.15) is 0 Å². The van der Waals surface area contributed by atoms with Crippen LogP contribution in [0.4, 0.5) is 5.69 Å². The lowest BCUT2D eigenvalue weighted by Gasteiger charge is -2.05. The van der Waals surface area contributed by atoms with E-state index in [0.717, 1.165) is 12.8 Å². The zero-order valence-corrected chi connectivity index (χ0v) is 8.79. The summed E-state index contributed by atoms with van der Waals surface area (Å²) in [5.41, 5.74) is 6.18. The van der Waals surface area contributed by atoms with Crippen LogP contribution >= 0.6 is 0 Å². The molecule has 15 heavy (non-hydrogen) atoms. The van der Waals surface area contributed by atoms with Gasteiger partial charge in [-0.1, -0.05) is 13.3 Å². The van der Waals surface area contributed by atoms with E-state index in [0.29, 0.717) is 12.1 Å². The van der Waals surface area contributed by atoms with Gasteiger partial charge in [-0.15, -0.1) is 0 Å². The minimum atomic E-state index is -0.157. The summed E-state index contributed by atoms with van der Waals surface area (Å²) < 4.78 is 0. The first-order valence-electron chi connectivity index (χ1n) is 5.02. The molecule has 0 saturated heterocycles. The molecule has 0 heterocycles. The molecule has 0 aromatic heterocycles. The van der Waals surface area contributed by atoms with Crippen LogP contribution < -0.4 is 11.1 Å². The summed E-state index contributed by atoms with van der Waals surface area (Å²) in [6.07, 6.45) is 2.00. The van der Waals surface area contributed by atoms with E-state index in [4.69, 9.17) is 5.73 Å². The molecule has 0 bridgehead atoms. The fourth-order valence-corrected chi connectivity index (χ4v) is 1.18. The van der Waals surface area contributed by atoms with Crippen molar-refractivity contribution in [1.82, 2.24) is 5.32 Å². The van der Waals surface area contributed by atoms with Gasteiger partial charge < -0.3 is 16.2 Å². The minimum absolute atomic E-state index is 0.000100. The first kappa shape index (κ1) is 11.4. The third-order valence-corrected chi connectivity index (χ3v) is 2.11. The molecule has 4 N–H and O–H groups in total. The number of carbonyl (C=O) groups is 1. The Labute approximate surface area is 89.1 Å². The van der Waals surface area contributed by atoms with Gasteiger partial charge in [-0.3, -0.25) is 4.79 Å². The number of hydrogen-bond donors (Lipinski definition) is 3. The Kier molecular flexibility index (Phi) is 3.97. The van der Waals surface area contributed by atoms with Crippen LogP contribution in [-0.2, 0) is 0 Å². The number of amides is 1. The van der Waals surface area contributed by atoms with Gasteiger partial charge in [0.1, 0.15) is 5.75 Å². The summed E-state index contributed by atoms with van der Waals surface area (Å²) in [7, 11) is 0. The van der Waals surface area contributed by atoms with Crippen molar-refractivity contribution in [3.63, 3.8) is 0 Å². The number of unbranched alkanes of at least 4 members (excludes halogenated alkanes) is 1. The molecule has 1 aromatic rings. The van der Waals surface area contributed by atoms with Gasteiger partial charge >= 0.3 is 0 Å². The Morgan fingerprint density at radius 2 is 2.27 bits per heavy atom. The smallest absolute Gasteiger partial charge is 0.251 e. The molecular weight excluding hydrogens is 192 g/mol. The number of aromatic hydroxyl groups is 1. The molecule has 1 rings (SSSR count). The van der Waals surface area contributed by atoms with Crippen molar-refractivity contribution in [2.24, 2.45) is 0 Å².